The van der Waals surface area contributed by atoms with Gasteiger partial charge in [0.2, 0.25) is 10.0 Å². The monoisotopic (exact) mass is 415 g/mol. The smallest absolute Gasteiger partial charge is 0.310 e. The quantitative estimate of drug-likeness (QED) is 0.268. The van der Waals surface area contributed by atoms with Gasteiger partial charge < -0.3 is 4.74 Å². The van der Waals surface area contributed by atoms with Gasteiger partial charge in [0, 0.05) is 19.0 Å². The van der Waals surface area contributed by atoms with Crippen molar-refractivity contribution in [3.8, 4) is 12.3 Å². The molecule has 0 bridgehead atoms. The Labute approximate surface area is 174 Å². The first-order chi connectivity index (χ1) is 13.8. The van der Waals surface area contributed by atoms with E-state index in [1.54, 1.807) is 36.4 Å². The molecule has 1 aromatic carbocycles. The van der Waals surface area contributed by atoms with Crippen LogP contribution in [0.5, 0.6) is 0 Å². The van der Waals surface area contributed by atoms with Crippen molar-refractivity contribution in [1.82, 2.24) is 4.31 Å². The molecule has 4 atom stereocenters. The topological polar surface area (TPSA) is 63.7 Å². The van der Waals surface area contributed by atoms with Crippen LogP contribution in [0.2, 0.25) is 0 Å². The summed E-state index contributed by atoms with van der Waals surface area (Å²) in [7, 11) is -2.54. The summed E-state index contributed by atoms with van der Waals surface area (Å²) < 4.78 is 33.6. The van der Waals surface area contributed by atoms with Crippen LogP contribution in [0.3, 0.4) is 0 Å². The number of hydrogen-bond donors (Lipinski definition) is 0. The van der Waals surface area contributed by atoms with Gasteiger partial charge in [0.05, 0.1) is 17.9 Å². The van der Waals surface area contributed by atoms with Crippen molar-refractivity contribution in [2.75, 3.05) is 13.7 Å². The van der Waals surface area contributed by atoms with Crippen LogP contribution in [-0.2, 0) is 19.6 Å². The molecule has 5 nitrogen and oxygen atoms in total. The van der Waals surface area contributed by atoms with Crippen LogP contribution < -0.4 is 0 Å². The summed E-state index contributed by atoms with van der Waals surface area (Å²) >= 11 is 0. The summed E-state index contributed by atoms with van der Waals surface area (Å²) in [6, 6.07) is 6.10. The normalized spacial score (nSPS) is 24.1. The lowest BCUT2D eigenvalue weighted by molar-refractivity contribution is -0.147. The molecule has 0 radical (unpaired) electrons. The second-order valence-corrected chi connectivity index (χ2v) is 9.20. The van der Waals surface area contributed by atoms with Crippen LogP contribution in [0.15, 0.2) is 54.5 Å². The lowest BCUT2D eigenvalue weighted by Crippen LogP contribution is -2.48. The van der Waals surface area contributed by atoms with Gasteiger partial charge in [-0.3, -0.25) is 4.79 Å². The van der Waals surface area contributed by atoms with E-state index < -0.39 is 28.0 Å². The van der Waals surface area contributed by atoms with Crippen LogP contribution in [0.4, 0.5) is 0 Å². The van der Waals surface area contributed by atoms with E-state index in [-0.39, 0.29) is 23.3 Å². The number of carbonyl (C=O) groups excluding carboxylic acids is 1. The van der Waals surface area contributed by atoms with E-state index in [2.05, 4.69) is 19.1 Å². The molecule has 2 rings (SSSR count). The molecule has 1 fully saturated rings. The maximum atomic E-state index is 13.6. The first-order valence-electron chi connectivity index (χ1n) is 9.66. The second-order valence-electron chi connectivity index (χ2n) is 7.31. The number of nitrogens with zero attached hydrogens (tertiary/aromatic N) is 1. The molecule has 156 valence electrons. The Hall–Kier alpha value is -2.36. The van der Waals surface area contributed by atoms with Gasteiger partial charge in [0.25, 0.3) is 0 Å². The van der Waals surface area contributed by atoms with E-state index in [4.69, 9.17) is 11.2 Å². The molecule has 0 amide bonds. The Kier molecular flexibility index (Phi) is 7.83. The highest BCUT2D eigenvalue weighted by Crippen LogP contribution is 2.43. The number of aryl methyl sites for hydroxylation is 1. The van der Waals surface area contributed by atoms with E-state index in [1.807, 2.05) is 6.92 Å². The fourth-order valence-electron chi connectivity index (χ4n) is 4.05. The van der Waals surface area contributed by atoms with Gasteiger partial charge in [-0.05, 0) is 43.7 Å². The van der Waals surface area contributed by atoms with E-state index in [9.17, 15) is 13.2 Å². The Morgan fingerprint density at radius 1 is 1.28 bits per heavy atom. The molecule has 0 saturated heterocycles. The molecule has 29 heavy (non-hydrogen) atoms. The summed E-state index contributed by atoms with van der Waals surface area (Å²) in [6.07, 6.45) is 10.3. The number of rotatable bonds is 9. The van der Waals surface area contributed by atoms with Gasteiger partial charge in [-0.25, -0.2) is 8.42 Å². The molecule has 1 aromatic rings. The number of benzene rings is 1. The van der Waals surface area contributed by atoms with Crippen LogP contribution in [0.1, 0.15) is 24.8 Å². The number of carbonyl (C=O) groups is 1. The minimum Gasteiger partial charge on any atom is -0.469 e. The fraction of sp³-hybridized carbons (Fsp3) is 0.435. The van der Waals surface area contributed by atoms with Crippen LogP contribution in [0, 0.1) is 37.0 Å². The molecule has 0 heterocycles. The number of methoxy groups -OCH3 is 1. The minimum atomic E-state index is -3.86. The molecule has 6 heteroatoms. The van der Waals surface area contributed by atoms with Crippen LogP contribution in [0.25, 0.3) is 0 Å². The summed E-state index contributed by atoms with van der Waals surface area (Å²) in [5.41, 5.74) is 0.965. The van der Waals surface area contributed by atoms with Crippen molar-refractivity contribution in [3.05, 3.63) is 55.1 Å². The van der Waals surface area contributed by atoms with Gasteiger partial charge in [0.15, 0.2) is 0 Å². The standard InChI is InChI=1S/C23H29NO4S/c1-6-9-10-15-24(29(26,27)20-13-11-17(4)12-14-20)22-19(8-3)16-18(7-2)21(22)23(25)28-5/h1,7-8,11-14,18-19,21-22H,2-3,9-10,15-16H2,4-5H3/t18-,19+,21+,22+/m0/s1. The summed E-state index contributed by atoms with van der Waals surface area (Å²) in [5, 5.41) is 0. The predicted molar refractivity (Wildman–Crippen MR) is 114 cm³/mol. The largest absolute Gasteiger partial charge is 0.469 e. The van der Waals surface area contributed by atoms with E-state index in [0.29, 0.717) is 19.3 Å². The molecule has 1 saturated carbocycles. The molecule has 0 aromatic heterocycles. The zero-order valence-corrected chi connectivity index (χ0v) is 17.9. The summed E-state index contributed by atoms with van der Waals surface area (Å²) in [6.45, 7) is 9.84. The molecule has 0 spiro atoms. The Morgan fingerprint density at radius 3 is 2.41 bits per heavy atom. The summed E-state index contributed by atoms with van der Waals surface area (Å²) in [4.78, 5) is 12.8. The molecular weight excluding hydrogens is 386 g/mol. The highest BCUT2D eigenvalue weighted by Gasteiger charge is 2.51. The SMILES string of the molecule is C#CCCCN([C@H]1[C@H](C(=O)OC)[C@@H](C=C)C[C@H]1C=C)S(=O)(=O)c1ccc(C)cc1. The molecule has 0 N–H and O–H groups in total. The average molecular weight is 416 g/mol. The van der Waals surface area contributed by atoms with Gasteiger partial charge in [0.1, 0.15) is 0 Å². The van der Waals surface area contributed by atoms with Gasteiger partial charge in [-0.2, -0.15) is 4.31 Å². The highest BCUT2D eigenvalue weighted by atomic mass is 32.2. The number of sulfonamides is 1. The number of terminal acetylenes is 1. The third-order valence-corrected chi connectivity index (χ3v) is 7.46. The number of hydrogen-bond acceptors (Lipinski definition) is 4. The maximum Gasteiger partial charge on any atom is 0.310 e. The Bertz CT molecular complexity index is 882. The Morgan fingerprint density at radius 2 is 1.90 bits per heavy atom. The van der Waals surface area contributed by atoms with Gasteiger partial charge in [-0.1, -0.05) is 29.8 Å². The third-order valence-electron chi connectivity index (χ3n) is 5.55. The molecule has 0 aliphatic heterocycles. The zero-order valence-electron chi connectivity index (χ0n) is 17.1. The predicted octanol–water partition coefficient (Wildman–Crippen LogP) is 3.57. The van der Waals surface area contributed by atoms with Crippen molar-refractivity contribution in [2.24, 2.45) is 17.8 Å². The van der Waals surface area contributed by atoms with Gasteiger partial charge in [-0.15, -0.1) is 25.5 Å². The van der Waals surface area contributed by atoms with E-state index >= 15 is 0 Å². The first-order valence-corrected chi connectivity index (χ1v) is 11.1. The third kappa shape index (κ3) is 4.80. The molecular formula is C23H29NO4S. The van der Waals surface area contributed by atoms with Gasteiger partial charge >= 0.3 is 5.97 Å². The zero-order chi connectivity index (χ0) is 21.6. The Balaban J connectivity index is 2.57. The highest BCUT2D eigenvalue weighted by molar-refractivity contribution is 7.89. The summed E-state index contributed by atoms with van der Waals surface area (Å²) in [5.74, 6) is 1.07. The van der Waals surface area contributed by atoms with Crippen molar-refractivity contribution >= 4 is 16.0 Å². The average Bonchev–Trinajstić information content (AvgIpc) is 3.09. The number of allylic oxidation sites excluding steroid dienone is 1. The van der Waals surface area contributed by atoms with Crippen LogP contribution >= 0.6 is 0 Å². The fourth-order valence-corrected chi connectivity index (χ4v) is 5.78. The van der Waals surface area contributed by atoms with E-state index in [0.717, 1.165) is 5.56 Å². The maximum absolute atomic E-state index is 13.6. The lowest BCUT2D eigenvalue weighted by Gasteiger charge is -2.34. The molecule has 1 aliphatic rings. The van der Waals surface area contributed by atoms with Crippen LogP contribution in [-0.4, -0.2) is 38.4 Å². The first kappa shape index (κ1) is 22.9. The molecule has 0 unspecified atom stereocenters. The van der Waals surface area contributed by atoms with Crippen molar-refractivity contribution in [3.63, 3.8) is 0 Å². The molecule has 1 aliphatic carbocycles. The number of esters is 1. The van der Waals surface area contributed by atoms with Crippen molar-refractivity contribution in [2.45, 2.75) is 37.1 Å². The number of ether oxygens (including phenoxy) is 1. The number of unbranched alkanes of at least 4 members (excludes halogenated alkanes) is 1. The van der Waals surface area contributed by atoms with E-state index in [1.165, 1.54) is 11.4 Å². The lowest BCUT2D eigenvalue weighted by atomic mass is 9.93. The van der Waals surface area contributed by atoms with Crippen molar-refractivity contribution in [1.29, 1.82) is 0 Å². The second kappa shape index (κ2) is 9.91. The van der Waals surface area contributed by atoms with Crippen molar-refractivity contribution < 1.29 is 17.9 Å². The minimum absolute atomic E-state index is 0.192.